The summed E-state index contributed by atoms with van der Waals surface area (Å²) in [6, 6.07) is 3.27. The highest BCUT2D eigenvalue weighted by molar-refractivity contribution is 5.98. The summed E-state index contributed by atoms with van der Waals surface area (Å²) in [7, 11) is 0. The predicted molar refractivity (Wildman–Crippen MR) is 87.8 cm³/mol. The first-order valence-corrected chi connectivity index (χ1v) is 7.66. The molecule has 2 N–H and O–H groups in total. The predicted octanol–water partition coefficient (Wildman–Crippen LogP) is 2.88. The lowest BCUT2D eigenvalue weighted by molar-refractivity contribution is -0.149. The highest BCUT2D eigenvalue weighted by Crippen LogP contribution is 2.29. The molecule has 0 saturated heterocycles. The molecular formula is C17H19F3N2O4. The van der Waals surface area contributed by atoms with Crippen LogP contribution in [0.15, 0.2) is 30.3 Å². The van der Waals surface area contributed by atoms with Crippen molar-refractivity contribution >= 4 is 24.0 Å². The number of imide groups is 1. The van der Waals surface area contributed by atoms with E-state index in [9.17, 15) is 27.6 Å². The monoisotopic (exact) mass is 372 g/mol. The quantitative estimate of drug-likeness (QED) is 0.615. The van der Waals surface area contributed by atoms with E-state index in [1.807, 2.05) is 5.32 Å². The standard InChI is InChI=1S/C17H19F3N2O4/c1-10(2)21-16(25)22-15(24)11(3)26-14(23)9-6-12-4-7-13(8-5-12)17(18,19)20/h4-11H,1-3H3,(H2,21,22,24,25)/b9-6+/t11-/m0/s1. The van der Waals surface area contributed by atoms with Crippen LogP contribution in [0.5, 0.6) is 0 Å². The number of rotatable bonds is 5. The number of alkyl halides is 3. The summed E-state index contributed by atoms with van der Waals surface area (Å²) >= 11 is 0. The molecule has 6 nitrogen and oxygen atoms in total. The number of hydrogen-bond donors (Lipinski definition) is 2. The molecule has 0 radical (unpaired) electrons. The molecule has 0 unspecified atom stereocenters. The topological polar surface area (TPSA) is 84.5 Å². The Balaban J connectivity index is 2.56. The lowest BCUT2D eigenvalue weighted by Gasteiger charge is -2.13. The first-order valence-electron chi connectivity index (χ1n) is 7.66. The number of ether oxygens (including phenoxy) is 1. The van der Waals surface area contributed by atoms with Gasteiger partial charge in [-0.1, -0.05) is 12.1 Å². The fourth-order valence-electron chi connectivity index (χ4n) is 1.73. The Labute approximate surface area is 148 Å². The van der Waals surface area contributed by atoms with E-state index in [1.54, 1.807) is 13.8 Å². The lowest BCUT2D eigenvalue weighted by Crippen LogP contribution is -2.46. The van der Waals surface area contributed by atoms with Crippen LogP contribution in [0.3, 0.4) is 0 Å². The van der Waals surface area contributed by atoms with Gasteiger partial charge in [0.25, 0.3) is 5.91 Å². The highest BCUT2D eigenvalue weighted by atomic mass is 19.4. The number of carbonyl (C=O) groups excluding carboxylic acids is 3. The maximum Gasteiger partial charge on any atom is 0.416 e. The minimum Gasteiger partial charge on any atom is -0.449 e. The number of hydrogen-bond acceptors (Lipinski definition) is 4. The zero-order chi connectivity index (χ0) is 19.9. The van der Waals surface area contributed by atoms with E-state index in [-0.39, 0.29) is 6.04 Å². The van der Waals surface area contributed by atoms with Crippen LogP contribution in [-0.4, -0.2) is 30.1 Å². The Bertz CT molecular complexity index is 682. The van der Waals surface area contributed by atoms with E-state index < -0.39 is 35.8 Å². The molecule has 0 heterocycles. The molecule has 1 rings (SSSR count). The van der Waals surface area contributed by atoms with Crippen LogP contribution in [0.25, 0.3) is 6.08 Å². The molecule has 1 aromatic carbocycles. The van der Waals surface area contributed by atoms with Crippen molar-refractivity contribution in [2.24, 2.45) is 0 Å². The molecular weight excluding hydrogens is 353 g/mol. The maximum absolute atomic E-state index is 12.5. The van der Waals surface area contributed by atoms with Gasteiger partial charge in [0.1, 0.15) is 0 Å². The van der Waals surface area contributed by atoms with E-state index in [1.165, 1.54) is 25.1 Å². The van der Waals surface area contributed by atoms with Crippen molar-refractivity contribution in [3.8, 4) is 0 Å². The Morgan fingerprint density at radius 1 is 1.08 bits per heavy atom. The second kappa shape index (κ2) is 9.02. The van der Waals surface area contributed by atoms with Gasteiger partial charge in [0, 0.05) is 12.1 Å². The van der Waals surface area contributed by atoms with Crippen molar-refractivity contribution in [2.45, 2.75) is 39.1 Å². The molecule has 0 aromatic heterocycles. The van der Waals surface area contributed by atoms with E-state index in [2.05, 4.69) is 5.32 Å². The number of benzene rings is 1. The second-order valence-electron chi connectivity index (χ2n) is 5.65. The van der Waals surface area contributed by atoms with Crippen molar-refractivity contribution in [3.05, 3.63) is 41.5 Å². The first-order chi connectivity index (χ1) is 12.0. The summed E-state index contributed by atoms with van der Waals surface area (Å²) in [5, 5.41) is 4.45. The number of urea groups is 1. The molecule has 0 aliphatic heterocycles. The molecule has 0 aliphatic rings. The average Bonchev–Trinajstić information content (AvgIpc) is 2.51. The lowest BCUT2D eigenvalue weighted by atomic mass is 10.1. The molecule has 9 heteroatoms. The SMILES string of the molecule is CC(C)NC(=O)NC(=O)[C@H](C)OC(=O)/C=C/c1ccc(C(F)(F)F)cc1. The zero-order valence-corrected chi connectivity index (χ0v) is 14.4. The van der Waals surface area contributed by atoms with Gasteiger partial charge < -0.3 is 10.1 Å². The van der Waals surface area contributed by atoms with Crippen molar-refractivity contribution < 1.29 is 32.3 Å². The number of amides is 3. The normalized spacial score (nSPS) is 12.7. The van der Waals surface area contributed by atoms with Crippen LogP contribution in [-0.2, 0) is 20.5 Å². The van der Waals surface area contributed by atoms with Gasteiger partial charge in [-0.05, 0) is 44.5 Å². The van der Waals surface area contributed by atoms with Crippen LogP contribution in [0.1, 0.15) is 31.9 Å². The smallest absolute Gasteiger partial charge is 0.416 e. The maximum atomic E-state index is 12.5. The van der Waals surface area contributed by atoms with Crippen molar-refractivity contribution in [1.29, 1.82) is 0 Å². The molecule has 0 spiro atoms. The third-order valence-electron chi connectivity index (χ3n) is 2.97. The van der Waals surface area contributed by atoms with Crippen molar-refractivity contribution in [2.75, 3.05) is 0 Å². The van der Waals surface area contributed by atoms with Gasteiger partial charge in [0.05, 0.1) is 5.56 Å². The Morgan fingerprint density at radius 3 is 2.15 bits per heavy atom. The van der Waals surface area contributed by atoms with E-state index in [0.29, 0.717) is 5.56 Å². The van der Waals surface area contributed by atoms with E-state index in [0.717, 1.165) is 18.2 Å². The Morgan fingerprint density at radius 2 is 1.65 bits per heavy atom. The molecule has 3 amide bonds. The first kappa shape index (κ1) is 21.2. The largest absolute Gasteiger partial charge is 0.449 e. The van der Waals surface area contributed by atoms with Crippen molar-refractivity contribution in [1.82, 2.24) is 10.6 Å². The zero-order valence-electron chi connectivity index (χ0n) is 14.4. The molecule has 1 aromatic rings. The molecule has 0 aliphatic carbocycles. The van der Waals surface area contributed by atoms with Gasteiger partial charge in [-0.25, -0.2) is 9.59 Å². The van der Waals surface area contributed by atoms with Gasteiger partial charge >= 0.3 is 18.2 Å². The third kappa shape index (κ3) is 7.37. The fourth-order valence-corrected chi connectivity index (χ4v) is 1.73. The summed E-state index contributed by atoms with van der Waals surface area (Å²) in [6.45, 7) is 4.70. The summed E-state index contributed by atoms with van der Waals surface area (Å²) in [6.07, 6.45) is -3.44. The number of halogens is 3. The minimum atomic E-state index is -4.44. The van der Waals surface area contributed by atoms with Crippen LogP contribution in [0.2, 0.25) is 0 Å². The second-order valence-corrected chi connectivity index (χ2v) is 5.65. The molecule has 1 atom stereocenters. The third-order valence-corrected chi connectivity index (χ3v) is 2.97. The minimum absolute atomic E-state index is 0.174. The summed E-state index contributed by atoms with van der Waals surface area (Å²) in [5.41, 5.74) is -0.453. The molecule has 26 heavy (non-hydrogen) atoms. The number of esters is 1. The molecule has 0 fully saturated rings. The summed E-state index contributed by atoms with van der Waals surface area (Å²) in [5.74, 6) is -1.68. The number of carbonyl (C=O) groups is 3. The molecule has 0 bridgehead atoms. The highest BCUT2D eigenvalue weighted by Gasteiger charge is 2.29. The van der Waals surface area contributed by atoms with Gasteiger partial charge in [-0.15, -0.1) is 0 Å². The Hall–Kier alpha value is -2.84. The van der Waals surface area contributed by atoms with Gasteiger partial charge in [0.2, 0.25) is 0 Å². The van der Waals surface area contributed by atoms with E-state index in [4.69, 9.17) is 4.74 Å². The Kier molecular flexibility index (Phi) is 7.36. The van der Waals surface area contributed by atoms with Crippen LogP contribution < -0.4 is 10.6 Å². The summed E-state index contributed by atoms with van der Waals surface area (Å²) in [4.78, 5) is 34.7. The van der Waals surface area contributed by atoms with Crippen molar-refractivity contribution in [3.63, 3.8) is 0 Å². The van der Waals surface area contributed by atoms with Crippen LogP contribution in [0, 0.1) is 0 Å². The van der Waals surface area contributed by atoms with Gasteiger partial charge in [0.15, 0.2) is 6.10 Å². The van der Waals surface area contributed by atoms with Gasteiger partial charge in [-0.2, -0.15) is 13.2 Å². The van der Waals surface area contributed by atoms with Gasteiger partial charge in [-0.3, -0.25) is 10.1 Å². The molecule has 0 saturated carbocycles. The van der Waals surface area contributed by atoms with Crippen LogP contribution in [0.4, 0.5) is 18.0 Å². The number of nitrogens with one attached hydrogen (secondary N) is 2. The summed E-state index contributed by atoms with van der Waals surface area (Å²) < 4.78 is 42.2. The average molecular weight is 372 g/mol. The van der Waals surface area contributed by atoms with E-state index >= 15 is 0 Å². The fraction of sp³-hybridized carbons (Fsp3) is 0.353. The molecule has 142 valence electrons. The van der Waals surface area contributed by atoms with Crippen LogP contribution >= 0.6 is 0 Å².